The molecule has 0 amide bonds. The van der Waals surface area contributed by atoms with Gasteiger partial charge in [0.2, 0.25) is 0 Å². The SMILES string of the molecule is CC/C=C\C/C=C\C/C=C\C/C=C\C/C=C\C/C=C\CCCCCCCCCCCCCCCCCCC(=O)OCC(O)COP(=O)(O)OCC(O)COP(=O)(O)OCC(COC(=O)CCCCCC/C=C\C/C=C\C/C=C\C/C=C\C/C=C\C/C=C\CC)OC(=O)CCCCCCC/C=C\C/C=C\CCC. The smallest absolute Gasteiger partial charge is 0.463 e. The van der Waals surface area contributed by atoms with E-state index in [1.165, 1.54) is 83.5 Å². The summed E-state index contributed by atoms with van der Waals surface area (Å²) in [4.78, 5) is 58.6. The van der Waals surface area contributed by atoms with E-state index in [9.17, 15) is 43.5 Å². The molecule has 0 saturated heterocycles. The largest absolute Gasteiger partial charge is 0.472 e. The summed E-state index contributed by atoms with van der Waals surface area (Å²) in [6, 6.07) is 0. The molecule has 0 bridgehead atoms. The van der Waals surface area contributed by atoms with Gasteiger partial charge in [-0.25, -0.2) is 9.13 Å². The van der Waals surface area contributed by atoms with Crippen LogP contribution in [0.25, 0.3) is 0 Å². The molecule has 107 heavy (non-hydrogen) atoms. The van der Waals surface area contributed by atoms with Crippen molar-refractivity contribution in [1.29, 1.82) is 0 Å². The van der Waals surface area contributed by atoms with Crippen LogP contribution in [-0.2, 0) is 55.8 Å². The first-order valence-electron chi connectivity index (χ1n) is 41.4. The minimum atomic E-state index is -4.94. The number of unbranched alkanes of at least 4 members (excludes halogenated alkanes) is 26. The molecule has 5 unspecified atom stereocenters. The lowest BCUT2D eigenvalue weighted by Gasteiger charge is -2.21. The maximum Gasteiger partial charge on any atom is 0.472 e. The first kappa shape index (κ1) is 102. The van der Waals surface area contributed by atoms with Gasteiger partial charge in [-0.2, -0.15) is 0 Å². The van der Waals surface area contributed by atoms with Gasteiger partial charge in [-0.15, -0.1) is 0 Å². The maximum absolute atomic E-state index is 12.9. The maximum atomic E-state index is 12.9. The summed E-state index contributed by atoms with van der Waals surface area (Å²) in [5.74, 6) is -1.62. The predicted molar refractivity (Wildman–Crippen MR) is 445 cm³/mol. The molecule has 0 aliphatic carbocycles. The highest BCUT2D eigenvalue weighted by Crippen LogP contribution is 2.45. The molecule has 0 saturated carbocycles. The van der Waals surface area contributed by atoms with Crippen LogP contribution in [0.3, 0.4) is 0 Å². The van der Waals surface area contributed by atoms with E-state index in [0.29, 0.717) is 19.3 Å². The fraction of sp³-hybridized carbons (Fsp3) is 0.652. The molecular formula is C89H148O16P2. The molecule has 0 fully saturated rings. The van der Waals surface area contributed by atoms with Crippen LogP contribution in [0.5, 0.6) is 0 Å². The molecule has 4 N–H and O–H groups in total. The minimum Gasteiger partial charge on any atom is -0.463 e. The van der Waals surface area contributed by atoms with Gasteiger partial charge in [0.15, 0.2) is 6.10 Å². The van der Waals surface area contributed by atoms with Gasteiger partial charge >= 0.3 is 33.6 Å². The second-order valence-corrected chi connectivity index (χ2v) is 30.1. The molecule has 0 spiro atoms. The van der Waals surface area contributed by atoms with Crippen molar-refractivity contribution in [3.05, 3.63) is 170 Å². The zero-order chi connectivity index (χ0) is 78.0. The average molecular weight is 1540 g/mol. The second kappa shape index (κ2) is 80.4. The van der Waals surface area contributed by atoms with Crippen molar-refractivity contribution in [2.45, 2.75) is 334 Å². The third-order valence-corrected chi connectivity index (χ3v) is 18.8. The second-order valence-electron chi connectivity index (χ2n) is 27.2. The number of phosphoric ester groups is 2. The first-order chi connectivity index (χ1) is 52.2. The molecule has 0 aliphatic rings. The fourth-order valence-corrected chi connectivity index (χ4v) is 12.3. The van der Waals surface area contributed by atoms with Gasteiger partial charge in [0.05, 0.1) is 26.4 Å². The third-order valence-electron chi connectivity index (χ3n) is 16.9. The number of rotatable bonds is 77. The number of carbonyl (C=O) groups is 3. The summed E-state index contributed by atoms with van der Waals surface area (Å²) < 4.78 is 61.1. The molecule has 0 aromatic rings. The number of hydrogen-bond acceptors (Lipinski definition) is 14. The van der Waals surface area contributed by atoms with Gasteiger partial charge in [-0.05, 0) is 148 Å². The lowest BCUT2D eigenvalue weighted by atomic mass is 10.0. The lowest BCUT2D eigenvalue weighted by molar-refractivity contribution is -0.161. The van der Waals surface area contributed by atoms with E-state index in [-0.39, 0.29) is 19.3 Å². The summed E-state index contributed by atoms with van der Waals surface area (Å²) in [7, 11) is -9.81. The van der Waals surface area contributed by atoms with Gasteiger partial charge in [0.25, 0.3) is 0 Å². The van der Waals surface area contributed by atoms with Gasteiger partial charge in [0.1, 0.15) is 25.4 Å². The average Bonchev–Trinajstić information content (AvgIpc) is 0.909. The van der Waals surface area contributed by atoms with Crippen molar-refractivity contribution in [3.63, 3.8) is 0 Å². The fourth-order valence-electron chi connectivity index (χ4n) is 10.7. The van der Waals surface area contributed by atoms with Crippen molar-refractivity contribution in [1.82, 2.24) is 0 Å². The molecule has 16 nitrogen and oxygen atoms in total. The number of esters is 3. The van der Waals surface area contributed by atoms with E-state index in [0.717, 1.165) is 173 Å². The van der Waals surface area contributed by atoms with E-state index in [4.69, 9.17) is 32.3 Å². The number of ether oxygens (including phenoxy) is 3. The number of aliphatic hydroxyl groups is 2. The molecule has 0 heterocycles. The highest BCUT2D eigenvalue weighted by molar-refractivity contribution is 7.47. The molecular weight excluding hydrogens is 1390 g/mol. The van der Waals surface area contributed by atoms with E-state index in [1.54, 1.807) is 0 Å². The Morgan fingerprint density at radius 2 is 0.495 bits per heavy atom. The standard InChI is InChI=1S/C89H148O16P2/c1-4-7-10-13-16-19-22-25-27-29-31-33-35-36-37-38-39-40-41-42-43-44-45-46-48-50-51-53-55-58-60-63-66-69-72-75-87(92)99-78-84(90)79-101-106(95,96)102-80-85(91)81-103-107(97,98)104-83-86(105-89(94)77-74-71-68-65-62-57-24-21-18-15-12-9-6-3)82-100-88(93)76-73-70-67-64-61-59-56-54-52-49-47-34-32-30-28-26-23-20-17-14-11-8-5-2/h7-8,10-12,15-17,19-21,24-28,31-34,36-37,39-40,49,52,56,59,84-86,90-91H,4-6,9,13-14,18,22-23,29-30,35,38,41-48,50-51,53-55,57-58,60-83H2,1-3H3,(H,95,96)(H,97,98)/b10-7-,11-8-,15-12-,19-16-,20-17-,24-21-,27-25-,28-26-,33-31-,34-32-,37-36-,40-39-,52-49-,59-56-. The molecule has 0 aromatic carbocycles. The zero-order valence-corrected chi connectivity index (χ0v) is 68.5. The Labute approximate surface area is 650 Å². The topological polar surface area (TPSA) is 231 Å². The molecule has 5 atom stereocenters. The van der Waals surface area contributed by atoms with E-state index >= 15 is 0 Å². The molecule has 610 valence electrons. The van der Waals surface area contributed by atoms with Crippen molar-refractivity contribution in [3.8, 4) is 0 Å². The van der Waals surface area contributed by atoms with Crippen LogP contribution in [0.1, 0.15) is 316 Å². The molecule has 0 aliphatic heterocycles. The van der Waals surface area contributed by atoms with Crippen LogP contribution in [0.4, 0.5) is 0 Å². The Morgan fingerprint density at radius 3 is 0.785 bits per heavy atom. The first-order valence-corrected chi connectivity index (χ1v) is 44.4. The highest BCUT2D eigenvalue weighted by atomic mass is 31.2. The van der Waals surface area contributed by atoms with E-state index in [1.807, 2.05) is 0 Å². The lowest BCUT2D eigenvalue weighted by Crippen LogP contribution is -2.30. The Hall–Kier alpha value is -5.09. The summed E-state index contributed by atoms with van der Waals surface area (Å²) in [6.45, 7) is 2.34. The summed E-state index contributed by atoms with van der Waals surface area (Å²) >= 11 is 0. The molecule has 0 rings (SSSR count). The van der Waals surface area contributed by atoms with Crippen LogP contribution in [0.2, 0.25) is 0 Å². The van der Waals surface area contributed by atoms with Crippen LogP contribution in [0, 0.1) is 0 Å². The van der Waals surface area contributed by atoms with Crippen molar-refractivity contribution < 1.29 is 75.8 Å². The summed E-state index contributed by atoms with van der Waals surface area (Å²) in [6.07, 6.45) is 103. The van der Waals surface area contributed by atoms with Gasteiger partial charge in [-0.1, -0.05) is 319 Å². The van der Waals surface area contributed by atoms with Gasteiger partial charge < -0.3 is 34.2 Å². The quantitative estimate of drug-likeness (QED) is 0.0146. The molecule has 0 radical (unpaired) electrons. The molecule has 0 aromatic heterocycles. The van der Waals surface area contributed by atoms with Crippen LogP contribution >= 0.6 is 15.6 Å². The van der Waals surface area contributed by atoms with E-state index < -0.39 is 91.5 Å². The van der Waals surface area contributed by atoms with E-state index in [2.05, 4.69) is 191 Å². The van der Waals surface area contributed by atoms with Gasteiger partial charge in [-0.3, -0.25) is 32.5 Å². The zero-order valence-electron chi connectivity index (χ0n) is 66.7. The number of allylic oxidation sites excluding steroid dienone is 28. The monoisotopic (exact) mass is 1540 g/mol. The Bertz CT molecular complexity index is 2620. The normalized spacial score (nSPS) is 14.8. The third kappa shape index (κ3) is 81.7. The predicted octanol–water partition coefficient (Wildman–Crippen LogP) is 24.8. The summed E-state index contributed by atoms with van der Waals surface area (Å²) in [5.41, 5.74) is 0. The number of carbonyl (C=O) groups excluding carboxylic acids is 3. The molecule has 18 heteroatoms. The van der Waals surface area contributed by atoms with Crippen molar-refractivity contribution >= 4 is 33.6 Å². The number of phosphoric acid groups is 2. The Morgan fingerprint density at radius 1 is 0.271 bits per heavy atom. The number of aliphatic hydroxyl groups excluding tert-OH is 2. The summed E-state index contributed by atoms with van der Waals surface area (Å²) in [5, 5.41) is 20.7. The van der Waals surface area contributed by atoms with Gasteiger partial charge in [0, 0.05) is 19.3 Å². The number of hydrogen-bond donors (Lipinski definition) is 4. The van der Waals surface area contributed by atoms with Crippen LogP contribution in [0.15, 0.2) is 170 Å². The highest BCUT2D eigenvalue weighted by Gasteiger charge is 2.29. The van der Waals surface area contributed by atoms with Crippen LogP contribution in [-0.4, -0.2) is 95.9 Å². The Balaban J connectivity index is 4.44. The van der Waals surface area contributed by atoms with Crippen LogP contribution < -0.4 is 0 Å². The minimum absolute atomic E-state index is 0.0776. The Kier molecular flexibility index (Phi) is 76.6. The van der Waals surface area contributed by atoms with Crippen molar-refractivity contribution in [2.75, 3.05) is 39.6 Å². The van der Waals surface area contributed by atoms with Crippen molar-refractivity contribution in [2.24, 2.45) is 0 Å².